The van der Waals surface area contributed by atoms with E-state index in [1.54, 1.807) is 16.8 Å². The minimum Gasteiger partial charge on any atom is -0.357 e. The van der Waals surface area contributed by atoms with Crippen LogP contribution in [0.5, 0.6) is 0 Å². The molecule has 2 saturated heterocycles. The molecule has 272 valence electrons. The second kappa shape index (κ2) is 16.8. The Hall–Kier alpha value is -2.00. The summed E-state index contributed by atoms with van der Waals surface area (Å²) in [6.45, 7) is 12.4. The highest BCUT2D eigenvalue weighted by Crippen LogP contribution is 2.33. The average Bonchev–Trinajstić information content (AvgIpc) is 3.54. The van der Waals surface area contributed by atoms with Crippen molar-refractivity contribution in [2.45, 2.75) is 60.9 Å². The fraction of sp³-hybridized carbons (Fsp3) is 0.548. The maximum Gasteiger partial charge on any atom is 0.229 e. The van der Waals surface area contributed by atoms with Gasteiger partial charge in [-0.05, 0) is 56.4 Å². The van der Waals surface area contributed by atoms with E-state index in [-0.39, 0.29) is 27.3 Å². The molecule has 11 nitrogen and oxygen atoms in total. The molecule has 4 aromatic heterocycles. The number of piperazine rings is 1. The van der Waals surface area contributed by atoms with Gasteiger partial charge in [-0.25, -0.2) is 26.8 Å². The van der Waals surface area contributed by atoms with E-state index < -0.39 is 24.6 Å². The van der Waals surface area contributed by atoms with Crippen LogP contribution in [0.1, 0.15) is 55.4 Å². The lowest BCUT2D eigenvalue weighted by Gasteiger charge is -2.46. The highest BCUT2D eigenvalue weighted by Gasteiger charge is 2.39. The summed E-state index contributed by atoms with van der Waals surface area (Å²) in [6.07, 6.45) is 11.9. The number of hydrogen-bond donors (Lipinski definition) is 0. The summed E-state index contributed by atoms with van der Waals surface area (Å²) in [6, 6.07) is 7.74. The fourth-order valence-corrected chi connectivity index (χ4v) is 7.80. The molecule has 6 rings (SSSR count). The smallest absolute Gasteiger partial charge is 0.229 e. The van der Waals surface area contributed by atoms with Crippen LogP contribution in [-0.2, 0) is 19.1 Å². The monoisotopic (exact) mass is 787 g/mol. The van der Waals surface area contributed by atoms with Crippen LogP contribution in [0.25, 0.3) is 11.0 Å². The predicted octanol–water partition coefficient (Wildman–Crippen LogP) is 7.34. The van der Waals surface area contributed by atoms with Gasteiger partial charge in [-0.15, -0.1) is 12.4 Å². The van der Waals surface area contributed by atoms with Crippen molar-refractivity contribution < 1.29 is 16.8 Å². The quantitative estimate of drug-likeness (QED) is 0.198. The molecule has 0 bridgehead atoms. The fourth-order valence-electron chi connectivity index (χ4n) is 6.01. The lowest BCUT2D eigenvalue weighted by atomic mass is 9.84. The van der Waals surface area contributed by atoms with Gasteiger partial charge >= 0.3 is 0 Å². The molecule has 0 radical (unpaired) electrons. The second-order valence-corrected chi connectivity index (χ2v) is 18.7. The number of piperidine rings is 1. The summed E-state index contributed by atoms with van der Waals surface area (Å²) in [5.74, 6) is 2.09. The van der Waals surface area contributed by atoms with Crippen molar-refractivity contribution in [2.75, 3.05) is 55.0 Å². The summed E-state index contributed by atoms with van der Waals surface area (Å²) < 4.78 is 48.3. The van der Waals surface area contributed by atoms with Crippen LogP contribution in [0, 0.1) is 5.41 Å². The van der Waals surface area contributed by atoms with Crippen LogP contribution < -0.4 is 9.80 Å². The third kappa shape index (κ3) is 11.5. The maximum absolute atomic E-state index is 11.9. The number of fused-ring (bicyclic) bond motifs is 2. The molecule has 0 amide bonds. The van der Waals surface area contributed by atoms with E-state index in [2.05, 4.69) is 48.7 Å². The third-order valence-electron chi connectivity index (χ3n) is 7.71. The minimum absolute atomic E-state index is 0. The summed E-state index contributed by atoms with van der Waals surface area (Å²) in [4.78, 5) is 12.9. The highest BCUT2D eigenvalue weighted by atomic mass is 35.7. The van der Waals surface area contributed by atoms with Gasteiger partial charge in [-0.2, -0.15) is 4.31 Å². The van der Waals surface area contributed by atoms with Crippen LogP contribution in [0.3, 0.4) is 0 Å². The second-order valence-electron chi connectivity index (χ2n) is 12.9. The van der Waals surface area contributed by atoms with E-state index >= 15 is 0 Å². The molecule has 0 unspecified atom stereocenters. The molecule has 6 heterocycles. The summed E-state index contributed by atoms with van der Waals surface area (Å²) in [5, 5.41) is 1.42. The first kappa shape index (κ1) is 44.0. The number of rotatable bonds is 3. The zero-order valence-corrected chi connectivity index (χ0v) is 31.4. The average molecular weight is 790 g/mol. The third-order valence-corrected chi connectivity index (χ3v) is 9.62. The Morgan fingerprint density at radius 2 is 1.17 bits per heavy atom. The molecule has 17 heteroatoms. The van der Waals surface area contributed by atoms with Gasteiger partial charge in [-0.3, -0.25) is 8.80 Å². The van der Waals surface area contributed by atoms with E-state index in [1.807, 2.05) is 55.0 Å². The van der Waals surface area contributed by atoms with Gasteiger partial charge in [0.05, 0.1) is 35.9 Å². The largest absolute Gasteiger partial charge is 0.357 e. The molecule has 2 aliphatic heterocycles. The van der Waals surface area contributed by atoms with E-state index in [0.717, 1.165) is 47.0 Å². The summed E-state index contributed by atoms with van der Waals surface area (Å²) in [5.41, 5.74) is 1.86. The normalized spacial score (nSPS) is 17.5. The topological polar surface area (TPSA) is 113 Å². The van der Waals surface area contributed by atoms with Gasteiger partial charge in [0.25, 0.3) is 0 Å². The van der Waals surface area contributed by atoms with Gasteiger partial charge in [0, 0.05) is 59.0 Å². The SMILES string of the molecule is C.C.CC1(C)CCCN(c2cc(Cl)cc3cncn23)C1.CC1(C)CN(c2cc(Cl)cc3cncn23)CCN1S(C)(=O)=O.CS(=O)(=O)Cl.Cl. The molecule has 0 saturated carbocycles. The number of imidazole rings is 2. The van der Waals surface area contributed by atoms with Crippen LogP contribution in [0.2, 0.25) is 10.0 Å². The van der Waals surface area contributed by atoms with Gasteiger partial charge in [-0.1, -0.05) is 51.9 Å². The van der Waals surface area contributed by atoms with Crippen molar-refractivity contribution in [2.24, 2.45) is 5.41 Å². The molecule has 0 aliphatic carbocycles. The number of pyridine rings is 2. The molecule has 0 N–H and O–H groups in total. The van der Waals surface area contributed by atoms with E-state index in [9.17, 15) is 16.8 Å². The van der Waals surface area contributed by atoms with Crippen molar-refractivity contribution in [3.63, 3.8) is 0 Å². The molecule has 48 heavy (non-hydrogen) atoms. The standard InChI is InChI=1S/C14H19ClN4O2S.C14H18ClN3.CH3ClO2S.2CH4.ClH/c1-14(2)9-17(4-5-19(14)22(3,20)21)13-7-11(15)6-12-8-16-10-18(12)13;1-14(2)4-3-5-17(9-14)13-7-11(15)6-12-8-16-10-18(12)13;1-5(2,3)4;;;/h6-8,10H,4-5,9H2,1-3H3;6-8,10H,3-5,9H2,1-2H3;1H3;2*1H4;1H. The Balaban J connectivity index is 0.000000404. The number of anilines is 2. The first-order valence-electron chi connectivity index (χ1n) is 14.3. The van der Waals surface area contributed by atoms with Crippen molar-refractivity contribution in [1.82, 2.24) is 23.1 Å². The van der Waals surface area contributed by atoms with Gasteiger partial charge in [0.15, 0.2) is 0 Å². The van der Waals surface area contributed by atoms with Crippen molar-refractivity contribution in [3.8, 4) is 0 Å². The number of aromatic nitrogens is 4. The Kier molecular flexibility index (Phi) is 15.4. The molecular weight excluding hydrogens is 740 g/mol. The molecule has 0 atom stereocenters. The molecule has 4 aromatic rings. The molecule has 2 aliphatic rings. The Bertz CT molecular complexity index is 1870. The van der Waals surface area contributed by atoms with Crippen molar-refractivity contribution in [3.05, 3.63) is 59.4 Å². The number of nitrogens with zero attached hydrogens (tertiary/aromatic N) is 7. The van der Waals surface area contributed by atoms with Crippen molar-refractivity contribution >= 4 is 88.0 Å². The number of halogens is 4. The zero-order chi connectivity index (χ0) is 33.4. The zero-order valence-electron chi connectivity index (χ0n) is 26.7. The minimum atomic E-state index is -3.22. The van der Waals surface area contributed by atoms with E-state index in [0.29, 0.717) is 30.1 Å². The summed E-state index contributed by atoms with van der Waals surface area (Å²) in [7, 11) is -1.91. The van der Waals surface area contributed by atoms with Crippen molar-refractivity contribution in [1.29, 1.82) is 0 Å². The molecular formula is C31H49Cl4N7O4S2. The number of sulfonamides is 1. The molecule has 0 spiro atoms. The lowest BCUT2D eigenvalue weighted by Crippen LogP contribution is -2.61. The maximum atomic E-state index is 11.9. The Morgan fingerprint density at radius 1 is 0.729 bits per heavy atom. The first-order chi connectivity index (χ1) is 20.7. The van der Waals surface area contributed by atoms with Gasteiger partial charge in [0.1, 0.15) is 24.3 Å². The van der Waals surface area contributed by atoms with E-state index in [1.165, 1.54) is 19.1 Å². The van der Waals surface area contributed by atoms with Gasteiger partial charge < -0.3 is 9.80 Å². The van der Waals surface area contributed by atoms with Gasteiger partial charge in [0.2, 0.25) is 19.1 Å². The summed E-state index contributed by atoms with van der Waals surface area (Å²) >= 11 is 12.4. The van der Waals surface area contributed by atoms with E-state index in [4.69, 9.17) is 23.2 Å². The predicted molar refractivity (Wildman–Crippen MR) is 205 cm³/mol. The van der Waals surface area contributed by atoms with Crippen LogP contribution in [0.4, 0.5) is 11.6 Å². The molecule has 2 fully saturated rings. The first-order valence-corrected chi connectivity index (χ1v) is 19.7. The lowest BCUT2D eigenvalue weighted by molar-refractivity contribution is 0.205. The highest BCUT2D eigenvalue weighted by molar-refractivity contribution is 8.13. The van der Waals surface area contributed by atoms with Crippen LogP contribution in [0.15, 0.2) is 49.3 Å². The Morgan fingerprint density at radius 3 is 1.56 bits per heavy atom. The Labute approximate surface area is 307 Å². The molecule has 0 aromatic carbocycles. The van der Waals surface area contributed by atoms with Crippen LogP contribution in [-0.4, -0.2) is 90.7 Å². The number of hydrogen-bond acceptors (Lipinski definition) is 8. The van der Waals surface area contributed by atoms with Crippen LogP contribution >= 0.6 is 46.3 Å².